The lowest BCUT2D eigenvalue weighted by Crippen LogP contribution is -2.42. The van der Waals surface area contributed by atoms with Gasteiger partial charge in [0.25, 0.3) is 0 Å². The van der Waals surface area contributed by atoms with Crippen molar-refractivity contribution >= 4 is 22.9 Å². The number of piperidine rings is 1. The van der Waals surface area contributed by atoms with Crippen molar-refractivity contribution in [2.24, 2.45) is 11.8 Å². The van der Waals surface area contributed by atoms with Crippen molar-refractivity contribution < 1.29 is 9.53 Å². The van der Waals surface area contributed by atoms with Gasteiger partial charge in [0.15, 0.2) is 0 Å². The molecule has 2 saturated heterocycles. The third kappa shape index (κ3) is 4.49. The van der Waals surface area contributed by atoms with Crippen LogP contribution in [0, 0.1) is 32.6 Å². The van der Waals surface area contributed by atoms with Gasteiger partial charge in [-0.15, -0.1) is 0 Å². The number of aromatic nitrogens is 2. The predicted molar refractivity (Wildman–Crippen MR) is 132 cm³/mol. The molecule has 2 fully saturated rings. The van der Waals surface area contributed by atoms with Crippen LogP contribution in [0.15, 0.2) is 36.4 Å². The molecule has 1 aromatic heterocycles. The molecule has 0 bridgehead atoms. The van der Waals surface area contributed by atoms with Crippen LogP contribution in [0.25, 0.3) is 16.7 Å². The van der Waals surface area contributed by atoms with Gasteiger partial charge in [-0.3, -0.25) is 9.36 Å². The van der Waals surface area contributed by atoms with Crippen LogP contribution in [0.4, 0.5) is 5.95 Å². The summed E-state index contributed by atoms with van der Waals surface area (Å²) in [6.45, 7) is 10.4. The minimum Gasteiger partial charge on any atom is -0.381 e. The molecule has 0 aliphatic carbocycles. The van der Waals surface area contributed by atoms with Crippen molar-refractivity contribution in [2.75, 3.05) is 37.7 Å². The van der Waals surface area contributed by atoms with Gasteiger partial charge in [-0.1, -0.05) is 17.7 Å². The molecule has 2 aliphatic heterocycles. The number of anilines is 1. The second-order valence-corrected chi connectivity index (χ2v) is 9.74. The number of carbonyl (C=O) groups excluding carboxylic acids is 1. The quantitative estimate of drug-likeness (QED) is 0.634. The van der Waals surface area contributed by atoms with Crippen LogP contribution in [0.3, 0.4) is 0 Å². The first-order chi connectivity index (χ1) is 16.0. The first-order valence-corrected chi connectivity index (χ1v) is 12.2. The highest BCUT2D eigenvalue weighted by atomic mass is 16.5. The van der Waals surface area contributed by atoms with Crippen molar-refractivity contribution in [2.45, 2.75) is 40.0 Å². The molecule has 3 aromatic rings. The summed E-state index contributed by atoms with van der Waals surface area (Å²) in [5.41, 5.74) is 7.05. The number of imidazole rings is 1. The van der Waals surface area contributed by atoms with E-state index in [9.17, 15) is 4.79 Å². The van der Waals surface area contributed by atoms with Crippen LogP contribution >= 0.6 is 0 Å². The van der Waals surface area contributed by atoms with E-state index in [1.54, 1.807) is 0 Å². The second-order valence-electron chi connectivity index (χ2n) is 9.74. The summed E-state index contributed by atoms with van der Waals surface area (Å²) in [5, 5.41) is 3.17. The van der Waals surface area contributed by atoms with E-state index in [0.29, 0.717) is 5.92 Å². The smallest absolute Gasteiger partial charge is 0.223 e. The van der Waals surface area contributed by atoms with Gasteiger partial charge in [-0.05, 0) is 75.4 Å². The number of hydrogen-bond donors (Lipinski definition) is 1. The molecule has 0 spiro atoms. The SMILES string of the molecule is Cc1ccc(-n2c(N3CCC(C(=O)NCC4CCOC4)CC3)nc3cc(C)c(C)cc32)cc1. The van der Waals surface area contributed by atoms with Crippen LogP contribution < -0.4 is 10.2 Å². The van der Waals surface area contributed by atoms with Gasteiger partial charge < -0.3 is 15.0 Å². The number of benzene rings is 2. The zero-order valence-electron chi connectivity index (χ0n) is 19.9. The van der Waals surface area contributed by atoms with E-state index in [4.69, 9.17) is 9.72 Å². The molecular weight excluding hydrogens is 412 g/mol. The fourth-order valence-electron chi connectivity index (χ4n) is 4.96. The summed E-state index contributed by atoms with van der Waals surface area (Å²) >= 11 is 0. The Morgan fingerprint density at radius 2 is 1.79 bits per heavy atom. The zero-order valence-corrected chi connectivity index (χ0v) is 19.9. The third-order valence-corrected chi connectivity index (χ3v) is 7.28. The van der Waals surface area contributed by atoms with Gasteiger partial charge in [0.2, 0.25) is 11.9 Å². The molecule has 0 saturated carbocycles. The first-order valence-electron chi connectivity index (χ1n) is 12.2. The maximum absolute atomic E-state index is 12.7. The van der Waals surface area contributed by atoms with E-state index in [-0.39, 0.29) is 11.8 Å². The van der Waals surface area contributed by atoms with Gasteiger partial charge in [0.05, 0.1) is 17.6 Å². The lowest BCUT2D eigenvalue weighted by atomic mass is 9.96. The van der Waals surface area contributed by atoms with Gasteiger partial charge in [-0.2, -0.15) is 0 Å². The zero-order chi connectivity index (χ0) is 22.9. The van der Waals surface area contributed by atoms with E-state index in [2.05, 4.69) is 72.0 Å². The highest BCUT2D eigenvalue weighted by Crippen LogP contribution is 2.31. The Balaban J connectivity index is 1.37. The Hall–Kier alpha value is -2.86. The van der Waals surface area contributed by atoms with Gasteiger partial charge >= 0.3 is 0 Å². The Morgan fingerprint density at radius 1 is 1.06 bits per heavy atom. The summed E-state index contributed by atoms with van der Waals surface area (Å²) in [7, 11) is 0. The summed E-state index contributed by atoms with van der Waals surface area (Å²) < 4.78 is 7.70. The number of rotatable bonds is 5. The van der Waals surface area contributed by atoms with Gasteiger partial charge in [0.1, 0.15) is 0 Å². The van der Waals surface area contributed by atoms with Crippen LogP contribution in [0.1, 0.15) is 36.0 Å². The average molecular weight is 447 g/mol. The summed E-state index contributed by atoms with van der Waals surface area (Å²) in [6, 6.07) is 13.1. The van der Waals surface area contributed by atoms with E-state index < -0.39 is 0 Å². The summed E-state index contributed by atoms with van der Waals surface area (Å²) in [5.74, 6) is 1.71. The number of carbonyl (C=O) groups is 1. The second kappa shape index (κ2) is 9.18. The largest absolute Gasteiger partial charge is 0.381 e. The normalized spacial score (nSPS) is 19.4. The topological polar surface area (TPSA) is 59.4 Å². The minimum atomic E-state index is 0.0743. The van der Waals surface area contributed by atoms with Gasteiger partial charge in [0, 0.05) is 43.8 Å². The van der Waals surface area contributed by atoms with Crippen molar-refractivity contribution in [1.29, 1.82) is 0 Å². The standard InChI is InChI=1S/C27H34N4O2/c1-18-4-6-23(7-5-18)31-25-15-20(3)19(2)14-24(25)29-27(31)30-11-8-22(9-12-30)26(32)28-16-21-10-13-33-17-21/h4-7,14-15,21-22H,8-13,16-17H2,1-3H3,(H,28,32). The number of nitrogens with zero attached hydrogens (tertiary/aromatic N) is 3. The number of fused-ring (bicyclic) bond motifs is 1. The predicted octanol–water partition coefficient (Wildman–Crippen LogP) is 4.32. The average Bonchev–Trinajstić information content (AvgIpc) is 3.47. The first kappa shape index (κ1) is 22.0. The molecule has 0 radical (unpaired) electrons. The molecule has 33 heavy (non-hydrogen) atoms. The number of ether oxygens (including phenoxy) is 1. The molecule has 2 aliphatic rings. The van der Waals surface area contributed by atoms with Crippen LogP contribution in [0.2, 0.25) is 0 Å². The van der Waals surface area contributed by atoms with Crippen LogP contribution in [0.5, 0.6) is 0 Å². The van der Waals surface area contributed by atoms with E-state index >= 15 is 0 Å². The molecule has 2 aromatic carbocycles. The highest BCUT2D eigenvalue weighted by Gasteiger charge is 2.29. The molecule has 5 rings (SSSR count). The minimum absolute atomic E-state index is 0.0743. The van der Waals surface area contributed by atoms with Crippen molar-refractivity contribution in [3.05, 3.63) is 53.1 Å². The number of hydrogen-bond acceptors (Lipinski definition) is 4. The molecule has 1 unspecified atom stereocenters. The number of amides is 1. The molecule has 6 nitrogen and oxygen atoms in total. The van der Waals surface area contributed by atoms with Gasteiger partial charge in [-0.25, -0.2) is 4.98 Å². The molecule has 1 amide bonds. The number of aryl methyl sites for hydroxylation is 3. The Kier molecular flexibility index (Phi) is 6.11. The molecule has 1 N–H and O–H groups in total. The van der Waals surface area contributed by atoms with E-state index in [0.717, 1.165) is 74.8 Å². The van der Waals surface area contributed by atoms with E-state index in [1.807, 2.05) is 0 Å². The molecular formula is C27H34N4O2. The maximum atomic E-state index is 12.7. The molecule has 3 heterocycles. The monoisotopic (exact) mass is 446 g/mol. The molecule has 6 heteroatoms. The lowest BCUT2D eigenvalue weighted by Gasteiger charge is -2.32. The van der Waals surface area contributed by atoms with E-state index in [1.165, 1.54) is 16.7 Å². The highest BCUT2D eigenvalue weighted by molar-refractivity contribution is 5.83. The van der Waals surface area contributed by atoms with Crippen molar-refractivity contribution in [3.8, 4) is 5.69 Å². The fourth-order valence-corrected chi connectivity index (χ4v) is 4.96. The third-order valence-electron chi connectivity index (χ3n) is 7.28. The maximum Gasteiger partial charge on any atom is 0.223 e. The Bertz CT molecular complexity index is 1140. The lowest BCUT2D eigenvalue weighted by molar-refractivity contribution is -0.125. The Morgan fingerprint density at radius 3 is 2.48 bits per heavy atom. The van der Waals surface area contributed by atoms with Crippen LogP contribution in [-0.2, 0) is 9.53 Å². The molecule has 1 atom stereocenters. The van der Waals surface area contributed by atoms with Crippen LogP contribution in [-0.4, -0.2) is 48.3 Å². The summed E-state index contributed by atoms with van der Waals surface area (Å²) in [6.07, 6.45) is 2.75. The summed E-state index contributed by atoms with van der Waals surface area (Å²) in [4.78, 5) is 20.2. The molecule has 174 valence electrons. The van der Waals surface area contributed by atoms with Crippen molar-refractivity contribution in [1.82, 2.24) is 14.9 Å². The number of nitrogens with one attached hydrogen (secondary N) is 1. The fraction of sp³-hybridized carbons (Fsp3) is 0.481. The van der Waals surface area contributed by atoms with Crippen molar-refractivity contribution in [3.63, 3.8) is 0 Å². The Labute approximate surface area is 195 Å².